The van der Waals surface area contributed by atoms with Crippen LogP contribution in [0.4, 0.5) is 0 Å². The van der Waals surface area contributed by atoms with Crippen LogP contribution in [0.25, 0.3) is 6.08 Å². The maximum atomic E-state index is 10.4. The minimum Gasteiger partial charge on any atom is -0.372 e. The third kappa shape index (κ3) is 3.29. The highest BCUT2D eigenvalue weighted by molar-refractivity contribution is 7.86. The van der Waals surface area contributed by atoms with Gasteiger partial charge in [-0.2, -0.15) is 8.42 Å². The van der Waals surface area contributed by atoms with E-state index >= 15 is 0 Å². The number of hydrogen-bond acceptors (Lipinski definition) is 3. The highest BCUT2D eigenvalue weighted by Gasteiger charge is 2.14. The lowest BCUT2D eigenvalue weighted by atomic mass is 10.2. The molecule has 0 aromatic heterocycles. The summed E-state index contributed by atoms with van der Waals surface area (Å²) in [6, 6.07) is 8.86. The summed E-state index contributed by atoms with van der Waals surface area (Å²) in [5.41, 5.74) is -1.13. The van der Waals surface area contributed by atoms with Crippen molar-refractivity contribution in [1.82, 2.24) is 0 Å². The molecule has 2 N–H and O–H groups in total. The van der Waals surface area contributed by atoms with Crippen molar-refractivity contribution in [2.75, 3.05) is 0 Å². The van der Waals surface area contributed by atoms with Gasteiger partial charge in [-0.1, -0.05) is 36.4 Å². The molecule has 0 saturated heterocycles. The SMILES string of the molecule is O=S(=O)(O)[C@H](O)/C=C\c1ccccc1. The summed E-state index contributed by atoms with van der Waals surface area (Å²) < 4.78 is 29.2. The first-order valence-electron chi connectivity index (χ1n) is 3.88. The number of aliphatic hydroxyl groups excluding tert-OH is 1. The van der Waals surface area contributed by atoms with E-state index in [1.807, 2.05) is 6.07 Å². The highest BCUT2D eigenvalue weighted by atomic mass is 32.2. The van der Waals surface area contributed by atoms with Crippen LogP contribution in [0.5, 0.6) is 0 Å². The summed E-state index contributed by atoms with van der Waals surface area (Å²) in [5, 5.41) is 8.92. The van der Waals surface area contributed by atoms with Crippen molar-refractivity contribution in [3.05, 3.63) is 42.0 Å². The molecule has 0 aliphatic rings. The van der Waals surface area contributed by atoms with E-state index in [0.717, 1.165) is 11.6 Å². The first-order valence-corrected chi connectivity index (χ1v) is 5.38. The Bertz CT molecular complexity index is 408. The first kappa shape index (κ1) is 10.9. The molecule has 0 aliphatic carbocycles. The van der Waals surface area contributed by atoms with Crippen molar-refractivity contribution in [2.45, 2.75) is 5.44 Å². The number of aliphatic hydroxyl groups is 1. The predicted octanol–water partition coefficient (Wildman–Crippen LogP) is 0.906. The number of rotatable bonds is 3. The summed E-state index contributed by atoms with van der Waals surface area (Å²) in [7, 11) is -4.40. The van der Waals surface area contributed by atoms with Gasteiger partial charge in [-0.15, -0.1) is 0 Å². The second-order valence-corrected chi connectivity index (χ2v) is 4.19. The molecule has 1 aromatic carbocycles. The van der Waals surface area contributed by atoms with E-state index in [1.165, 1.54) is 6.08 Å². The van der Waals surface area contributed by atoms with Gasteiger partial charge in [-0.3, -0.25) is 4.55 Å². The van der Waals surface area contributed by atoms with Gasteiger partial charge >= 0.3 is 0 Å². The Morgan fingerprint density at radius 2 is 1.79 bits per heavy atom. The molecule has 76 valence electrons. The minimum absolute atomic E-state index is 0.746. The lowest BCUT2D eigenvalue weighted by Gasteiger charge is -1.99. The highest BCUT2D eigenvalue weighted by Crippen LogP contribution is 2.04. The first-order chi connectivity index (χ1) is 6.50. The molecule has 0 fully saturated rings. The van der Waals surface area contributed by atoms with Crippen molar-refractivity contribution < 1.29 is 18.1 Å². The second kappa shape index (κ2) is 4.36. The zero-order valence-electron chi connectivity index (χ0n) is 7.24. The van der Waals surface area contributed by atoms with Crippen LogP contribution in [-0.2, 0) is 10.1 Å². The van der Waals surface area contributed by atoms with E-state index < -0.39 is 15.6 Å². The van der Waals surface area contributed by atoms with E-state index in [9.17, 15) is 8.42 Å². The van der Waals surface area contributed by atoms with Crippen LogP contribution >= 0.6 is 0 Å². The zero-order chi connectivity index (χ0) is 10.6. The minimum atomic E-state index is -4.40. The second-order valence-electron chi connectivity index (χ2n) is 2.68. The maximum Gasteiger partial charge on any atom is 0.295 e. The molecule has 0 saturated carbocycles. The van der Waals surface area contributed by atoms with Crippen LogP contribution in [0.1, 0.15) is 5.56 Å². The Kier molecular flexibility index (Phi) is 3.40. The van der Waals surface area contributed by atoms with Gasteiger partial charge in [-0.05, 0) is 11.6 Å². The summed E-state index contributed by atoms with van der Waals surface area (Å²) >= 11 is 0. The van der Waals surface area contributed by atoms with E-state index in [0.29, 0.717) is 0 Å². The molecule has 0 radical (unpaired) electrons. The number of benzene rings is 1. The standard InChI is InChI=1S/C9H10O4S/c10-9(14(11,12)13)7-6-8-4-2-1-3-5-8/h1-7,9-10H,(H,11,12,13)/b7-6-/t9-/m0/s1. The molecule has 0 aliphatic heterocycles. The molecule has 1 atom stereocenters. The fourth-order valence-corrected chi connectivity index (χ4v) is 1.13. The molecule has 0 spiro atoms. The van der Waals surface area contributed by atoms with Gasteiger partial charge < -0.3 is 5.11 Å². The van der Waals surface area contributed by atoms with Crippen LogP contribution in [0.15, 0.2) is 36.4 Å². The summed E-state index contributed by atoms with van der Waals surface area (Å²) in [4.78, 5) is 0. The molecule has 0 amide bonds. The van der Waals surface area contributed by atoms with Crippen molar-refractivity contribution in [1.29, 1.82) is 0 Å². The quantitative estimate of drug-likeness (QED) is 0.733. The Balaban J connectivity index is 2.75. The van der Waals surface area contributed by atoms with E-state index in [1.54, 1.807) is 24.3 Å². The molecule has 1 aromatic rings. The lowest BCUT2D eigenvalue weighted by Crippen LogP contribution is -2.16. The fraction of sp³-hybridized carbons (Fsp3) is 0.111. The molecule has 1 rings (SSSR count). The largest absolute Gasteiger partial charge is 0.372 e. The van der Waals surface area contributed by atoms with Crippen molar-refractivity contribution in [2.24, 2.45) is 0 Å². The van der Waals surface area contributed by atoms with E-state index in [2.05, 4.69) is 0 Å². The van der Waals surface area contributed by atoms with Gasteiger partial charge in [0.2, 0.25) is 0 Å². The topological polar surface area (TPSA) is 74.6 Å². The molecular weight excluding hydrogens is 204 g/mol. The van der Waals surface area contributed by atoms with Gasteiger partial charge in [-0.25, -0.2) is 0 Å². The summed E-state index contributed by atoms with van der Waals surface area (Å²) in [5.74, 6) is 0. The summed E-state index contributed by atoms with van der Waals surface area (Å²) in [6.07, 6.45) is 2.42. The fourth-order valence-electron chi connectivity index (χ4n) is 0.857. The molecule has 0 bridgehead atoms. The van der Waals surface area contributed by atoms with Crippen molar-refractivity contribution >= 4 is 16.2 Å². The Morgan fingerprint density at radius 1 is 1.21 bits per heavy atom. The van der Waals surface area contributed by atoms with Crippen LogP contribution in [0, 0.1) is 0 Å². The normalized spacial score (nSPS) is 14.4. The Morgan fingerprint density at radius 3 is 2.29 bits per heavy atom. The summed E-state index contributed by atoms with van der Waals surface area (Å²) in [6.45, 7) is 0. The maximum absolute atomic E-state index is 10.4. The van der Waals surface area contributed by atoms with E-state index in [-0.39, 0.29) is 0 Å². The van der Waals surface area contributed by atoms with Gasteiger partial charge in [0.1, 0.15) is 0 Å². The lowest BCUT2D eigenvalue weighted by molar-refractivity contribution is 0.276. The Labute approximate surface area is 82.3 Å². The third-order valence-corrected chi connectivity index (χ3v) is 2.33. The van der Waals surface area contributed by atoms with Crippen molar-refractivity contribution in [3.63, 3.8) is 0 Å². The van der Waals surface area contributed by atoms with Crippen LogP contribution in [-0.4, -0.2) is 23.5 Å². The average Bonchev–Trinajstić information content (AvgIpc) is 2.14. The number of hydrogen-bond donors (Lipinski definition) is 2. The molecule has 5 heteroatoms. The van der Waals surface area contributed by atoms with Crippen molar-refractivity contribution in [3.8, 4) is 0 Å². The van der Waals surface area contributed by atoms with Crippen LogP contribution in [0.2, 0.25) is 0 Å². The third-order valence-electron chi connectivity index (χ3n) is 1.56. The smallest absolute Gasteiger partial charge is 0.295 e. The molecular formula is C9H10O4S. The van der Waals surface area contributed by atoms with Crippen LogP contribution < -0.4 is 0 Å². The van der Waals surface area contributed by atoms with Gasteiger partial charge in [0, 0.05) is 0 Å². The Hall–Kier alpha value is -1.17. The molecule has 14 heavy (non-hydrogen) atoms. The molecule has 0 heterocycles. The monoisotopic (exact) mass is 214 g/mol. The van der Waals surface area contributed by atoms with Gasteiger partial charge in [0.25, 0.3) is 10.1 Å². The van der Waals surface area contributed by atoms with Crippen LogP contribution in [0.3, 0.4) is 0 Å². The molecule has 4 nitrogen and oxygen atoms in total. The predicted molar refractivity (Wildman–Crippen MR) is 53.0 cm³/mol. The molecule has 0 unspecified atom stereocenters. The van der Waals surface area contributed by atoms with E-state index in [4.69, 9.17) is 9.66 Å². The van der Waals surface area contributed by atoms with Gasteiger partial charge in [0.15, 0.2) is 5.44 Å². The van der Waals surface area contributed by atoms with Gasteiger partial charge in [0.05, 0.1) is 0 Å². The average molecular weight is 214 g/mol. The zero-order valence-corrected chi connectivity index (χ0v) is 8.05.